The summed E-state index contributed by atoms with van der Waals surface area (Å²) in [5, 5.41) is 11.2. The summed E-state index contributed by atoms with van der Waals surface area (Å²) in [5.74, 6) is 0. The largest absolute Gasteiger partial charge is 0.500 e. The second-order valence-electron chi connectivity index (χ2n) is 6.13. The highest BCUT2D eigenvalue weighted by atomic mass is 28.4. The van der Waals surface area contributed by atoms with Gasteiger partial charge in [-0.25, -0.2) is 4.68 Å². The van der Waals surface area contributed by atoms with E-state index in [-0.39, 0.29) is 0 Å². The van der Waals surface area contributed by atoms with Crippen molar-refractivity contribution in [3.8, 4) is 0 Å². The van der Waals surface area contributed by atoms with Crippen molar-refractivity contribution >= 4 is 8.80 Å². The van der Waals surface area contributed by atoms with Crippen molar-refractivity contribution in [2.45, 2.75) is 84.7 Å². The van der Waals surface area contributed by atoms with Crippen molar-refractivity contribution in [1.82, 2.24) is 20.2 Å². The lowest BCUT2D eigenvalue weighted by Crippen LogP contribution is -2.45. The Morgan fingerprint density at radius 2 is 1.28 bits per heavy atom. The molecule has 0 aromatic carbocycles. The molecule has 0 aliphatic carbocycles. The van der Waals surface area contributed by atoms with Crippen LogP contribution in [0.1, 0.15) is 72.1 Å². The smallest absolute Gasteiger partial charge is 0.374 e. The molecular formula is C17H36N4O3Si. The number of tetrazole rings is 1. The molecule has 1 rings (SSSR count). The van der Waals surface area contributed by atoms with Crippen LogP contribution in [0.5, 0.6) is 0 Å². The predicted molar refractivity (Wildman–Crippen MR) is 100 cm³/mol. The van der Waals surface area contributed by atoms with Crippen molar-refractivity contribution in [3.05, 3.63) is 6.33 Å². The van der Waals surface area contributed by atoms with Gasteiger partial charge in [0, 0.05) is 32.4 Å². The molecule has 0 atom stereocenters. The van der Waals surface area contributed by atoms with Crippen LogP contribution < -0.4 is 0 Å². The van der Waals surface area contributed by atoms with Gasteiger partial charge in [0.25, 0.3) is 0 Å². The molecule has 1 aromatic rings. The van der Waals surface area contributed by atoms with E-state index in [0.29, 0.717) is 19.8 Å². The highest BCUT2D eigenvalue weighted by Gasteiger charge is 2.39. The first-order valence-electron chi connectivity index (χ1n) is 9.89. The van der Waals surface area contributed by atoms with E-state index in [0.717, 1.165) is 25.4 Å². The Balaban J connectivity index is 2.01. The highest BCUT2D eigenvalue weighted by molar-refractivity contribution is 6.60. The maximum absolute atomic E-state index is 5.89. The Morgan fingerprint density at radius 1 is 0.760 bits per heavy atom. The second-order valence-corrected chi connectivity index (χ2v) is 8.87. The van der Waals surface area contributed by atoms with Crippen LogP contribution in [0.25, 0.3) is 0 Å². The van der Waals surface area contributed by atoms with Gasteiger partial charge in [-0.05, 0) is 44.0 Å². The molecule has 0 N–H and O–H groups in total. The fourth-order valence-electron chi connectivity index (χ4n) is 2.96. The second kappa shape index (κ2) is 14.3. The van der Waals surface area contributed by atoms with Gasteiger partial charge in [-0.1, -0.05) is 38.5 Å². The molecule has 0 bridgehead atoms. The summed E-state index contributed by atoms with van der Waals surface area (Å²) < 4.78 is 19.5. The van der Waals surface area contributed by atoms with Gasteiger partial charge in [-0.15, -0.1) is 5.10 Å². The molecule has 7 nitrogen and oxygen atoms in total. The molecule has 0 fully saturated rings. The van der Waals surface area contributed by atoms with E-state index >= 15 is 0 Å². The Morgan fingerprint density at radius 3 is 1.76 bits per heavy atom. The van der Waals surface area contributed by atoms with Gasteiger partial charge in [-0.2, -0.15) is 0 Å². The fraction of sp³-hybridized carbons (Fsp3) is 0.941. The van der Waals surface area contributed by atoms with Crippen LogP contribution in [0.3, 0.4) is 0 Å². The minimum atomic E-state index is -2.43. The van der Waals surface area contributed by atoms with Gasteiger partial charge < -0.3 is 13.3 Å². The molecule has 1 aromatic heterocycles. The maximum atomic E-state index is 5.89. The third kappa shape index (κ3) is 10.0. The van der Waals surface area contributed by atoms with Crippen LogP contribution in [0.15, 0.2) is 6.33 Å². The van der Waals surface area contributed by atoms with E-state index in [2.05, 4.69) is 15.5 Å². The normalized spacial score (nSPS) is 12.0. The van der Waals surface area contributed by atoms with Crippen molar-refractivity contribution in [2.75, 3.05) is 19.8 Å². The van der Waals surface area contributed by atoms with E-state index in [9.17, 15) is 0 Å². The van der Waals surface area contributed by atoms with Gasteiger partial charge in [0.1, 0.15) is 6.33 Å². The van der Waals surface area contributed by atoms with E-state index in [1.807, 2.05) is 20.8 Å². The quantitative estimate of drug-likeness (QED) is 0.306. The number of hydrogen-bond donors (Lipinski definition) is 0. The Kier molecular flexibility index (Phi) is 12.7. The average molecular weight is 373 g/mol. The molecule has 0 amide bonds. The van der Waals surface area contributed by atoms with Crippen LogP contribution in [0, 0.1) is 0 Å². The first kappa shape index (κ1) is 22.2. The fourth-order valence-corrected chi connectivity index (χ4v) is 5.65. The van der Waals surface area contributed by atoms with Crippen molar-refractivity contribution in [1.29, 1.82) is 0 Å². The molecule has 0 spiro atoms. The predicted octanol–water partition coefficient (Wildman–Crippen LogP) is 3.84. The van der Waals surface area contributed by atoms with Crippen LogP contribution in [0.4, 0.5) is 0 Å². The third-order valence-electron chi connectivity index (χ3n) is 4.10. The Bertz CT molecular complexity index is 390. The van der Waals surface area contributed by atoms with Crippen LogP contribution in [0.2, 0.25) is 6.04 Å². The van der Waals surface area contributed by atoms with Gasteiger partial charge in [0.15, 0.2) is 0 Å². The van der Waals surface area contributed by atoms with E-state index in [1.165, 1.54) is 38.5 Å². The Labute approximate surface area is 153 Å². The van der Waals surface area contributed by atoms with E-state index < -0.39 is 8.80 Å². The van der Waals surface area contributed by atoms with Crippen LogP contribution >= 0.6 is 0 Å². The summed E-state index contributed by atoms with van der Waals surface area (Å²) in [5.41, 5.74) is 0. The average Bonchev–Trinajstić information content (AvgIpc) is 3.11. The lowest BCUT2D eigenvalue weighted by Gasteiger charge is -2.28. The molecule has 0 aliphatic rings. The zero-order valence-corrected chi connectivity index (χ0v) is 17.3. The monoisotopic (exact) mass is 372 g/mol. The molecule has 25 heavy (non-hydrogen) atoms. The molecule has 1 heterocycles. The van der Waals surface area contributed by atoms with E-state index in [1.54, 1.807) is 11.0 Å². The SMILES string of the molecule is CCO[Si](CCCCCCCCCCn1cnnn1)(OCC)OCC. The molecule has 0 saturated carbocycles. The number of aromatic nitrogens is 4. The number of unbranched alkanes of at least 4 members (excludes halogenated alkanes) is 7. The summed E-state index contributed by atoms with van der Waals surface area (Å²) in [6.45, 7) is 8.95. The Hall–Kier alpha value is -0.833. The zero-order chi connectivity index (χ0) is 18.2. The van der Waals surface area contributed by atoms with Gasteiger partial charge in [-0.3, -0.25) is 0 Å². The van der Waals surface area contributed by atoms with Gasteiger partial charge in [0.05, 0.1) is 0 Å². The first-order valence-corrected chi connectivity index (χ1v) is 11.8. The standard InChI is InChI=1S/C17H36N4O3Si/c1-4-22-25(23-5-2,24-6-3)16-14-12-10-8-7-9-11-13-15-21-17-18-19-20-21/h17H,4-16H2,1-3H3. The number of hydrogen-bond acceptors (Lipinski definition) is 6. The van der Waals surface area contributed by atoms with Crippen LogP contribution in [-0.4, -0.2) is 48.8 Å². The van der Waals surface area contributed by atoms with Gasteiger partial charge in [0.2, 0.25) is 0 Å². The highest BCUT2D eigenvalue weighted by Crippen LogP contribution is 2.20. The molecule has 0 radical (unpaired) electrons. The minimum absolute atomic E-state index is 0.664. The lowest BCUT2D eigenvalue weighted by molar-refractivity contribution is 0.0706. The van der Waals surface area contributed by atoms with Crippen molar-refractivity contribution in [2.24, 2.45) is 0 Å². The van der Waals surface area contributed by atoms with Crippen LogP contribution in [-0.2, 0) is 19.8 Å². The first-order chi connectivity index (χ1) is 12.3. The minimum Gasteiger partial charge on any atom is -0.374 e. The summed E-state index contributed by atoms with van der Waals surface area (Å²) in [7, 11) is -2.43. The summed E-state index contributed by atoms with van der Waals surface area (Å²) >= 11 is 0. The summed E-state index contributed by atoms with van der Waals surface area (Å²) in [4.78, 5) is 0. The van der Waals surface area contributed by atoms with Gasteiger partial charge >= 0.3 is 8.80 Å². The summed E-state index contributed by atoms with van der Waals surface area (Å²) in [6, 6.07) is 0.939. The molecule has 0 aliphatic heterocycles. The number of nitrogens with zero attached hydrogens (tertiary/aromatic N) is 4. The topological polar surface area (TPSA) is 71.3 Å². The zero-order valence-electron chi connectivity index (χ0n) is 16.3. The molecule has 0 unspecified atom stereocenters. The van der Waals surface area contributed by atoms with Crippen molar-refractivity contribution < 1.29 is 13.3 Å². The van der Waals surface area contributed by atoms with E-state index in [4.69, 9.17) is 13.3 Å². The molecular weight excluding hydrogens is 336 g/mol. The maximum Gasteiger partial charge on any atom is 0.500 e. The summed E-state index contributed by atoms with van der Waals surface area (Å²) in [6.07, 6.45) is 11.6. The van der Waals surface area contributed by atoms with Crippen molar-refractivity contribution in [3.63, 3.8) is 0 Å². The molecule has 0 saturated heterocycles. The molecule has 146 valence electrons. The number of rotatable bonds is 17. The molecule has 8 heteroatoms. The third-order valence-corrected chi connectivity index (χ3v) is 7.26. The number of aryl methyl sites for hydroxylation is 1. The lowest BCUT2D eigenvalue weighted by atomic mass is 10.1.